The molecule has 28 heavy (non-hydrogen) atoms. The van der Waals surface area contributed by atoms with Crippen LogP contribution in [0.3, 0.4) is 0 Å². The molecule has 142 valence electrons. The first kappa shape index (κ1) is 18.8. The highest BCUT2D eigenvalue weighted by molar-refractivity contribution is 6.36. The lowest BCUT2D eigenvalue weighted by molar-refractivity contribution is 0.415. The van der Waals surface area contributed by atoms with Gasteiger partial charge in [0.2, 0.25) is 0 Å². The van der Waals surface area contributed by atoms with Gasteiger partial charge in [-0.3, -0.25) is 5.01 Å². The summed E-state index contributed by atoms with van der Waals surface area (Å²) in [6.07, 6.45) is 0.664. The van der Waals surface area contributed by atoms with Crippen LogP contribution in [0.2, 0.25) is 10.0 Å². The van der Waals surface area contributed by atoms with Crippen molar-refractivity contribution >= 4 is 34.6 Å². The summed E-state index contributed by atoms with van der Waals surface area (Å²) in [6, 6.07) is 19.5. The lowest BCUT2D eigenvalue weighted by Gasteiger charge is -2.25. The monoisotopic (exact) mass is 414 g/mol. The van der Waals surface area contributed by atoms with Gasteiger partial charge in [0.1, 0.15) is 11.6 Å². The first-order valence-corrected chi connectivity index (χ1v) is 9.52. The number of hydrogen-bond acceptors (Lipinski definition) is 3. The van der Waals surface area contributed by atoms with Gasteiger partial charge >= 0.3 is 0 Å². The Labute approximate surface area is 173 Å². The number of methoxy groups -OCH3 is 1. The predicted octanol–water partition coefficient (Wildman–Crippen LogP) is 6.50. The standard InChI is InChI=1S/C22H17Cl2FN2O/c1-28-18-9-4-14(5-10-18)20-13-22(15-2-7-17(25)8-3-15)27(26-20)21-11-6-16(23)12-19(21)24/h2-12,22H,13H2,1H3/t22-/m1/s1. The Hall–Kier alpha value is -2.56. The Kier molecular flexibility index (Phi) is 5.25. The smallest absolute Gasteiger partial charge is 0.123 e. The van der Waals surface area contributed by atoms with Gasteiger partial charge in [0, 0.05) is 11.4 Å². The third-order valence-corrected chi connectivity index (χ3v) is 5.28. The number of hydrazone groups is 1. The summed E-state index contributed by atoms with van der Waals surface area (Å²) in [5, 5.41) is 7.80. The Morgan fingerprint density at radius 1 is 1.00 bits per heavy atom. The molecular formula is C22H17Cl2FN2O. The fourth-order valence-electron chi connectivity index (χ4n) is 3.30. The van der Waals surface area contributed by atoms with Crippen molar-refractivity contribution in [3.05, 3.63) is 93.7 Å². The highest BCUT2D eigenvalue weighted by Crippen LogP contribution is 2.40. The van der Waals surface area contributed by atoms with Gasteiger partial charge in [-0.05, 0) is 65.7 Å². The van der Waals surface area contributed by atoms with Crippen LogP contribution in [0.1, 0.15) is 23.6 Å². The Morgan fingerprint density at radius 3 is 2.36 bits per heavy atom. The van der Waals surface area contributed by atoms with Crippen LogP contribution >= 0.6 is 23.2 Å². The van der Waals surface area contributed by atoms with E-state index in [2.05, 4.69) is 0 Å². The summed E-state index contributed by atoms with van der Waals surface area (Å²) in [5.74, 6) is 0.518. The molecule has 0 unspecified atom stereocenters. The maximum Gasteiger partial charge on any atom is 0.123 e. The van der Waals surface area contributed by atoms with Crippen LogP contribution in [0.25, 0.3) is 0 Å². The zero-order valence-corrected chi connectivity index (χ0v) is 16.6. The molecule has 0 aliphatic carbocycles. The Balaban J connectivity index is 1.75. The van der Waals surface area contributed by atoms with Crippen LogP contribution in [0, 0.1) is 5.82 Å². The summed E-state index contributed by atoms with van der Waals surface area (Å²) in [4.78, 5) is 0. The molecular weight excluding hydrogens is 398 g/mol. The van der Waals surface area contributed by atoms with Crippen LogP contribution in [0.5, 0.6) is 5.75 Å². The number of anilines is 1. The molecule has 0 spiro atoms. The van der Waals surface area contributed by atoms with E-state index >= 15 is 0 Å². The number of rotatable bonds is 4. The van der Waals surface area contributed by atoms with E-state index in [4.69, 9.17) is 33.0 Å². The van der Waals surface area contributed by atoms with Crippen molar-refractivity contribution in [2.45, 2.75) is 12.5 Å². The Bertz CT molecular complexity index is 1020. The van der Waals surface area contributed by atoms with E-state index in [0.717, 1.165) is 28.3 Å². The molecule has 1 aliphatic rings. The van der Waals surface area contributed by atoms with Gasteiger partial charge in [-0.25, -0.2) is 4.39 Å². The van der Waals surface area contributed by atoms with Crippen molar-refractivity contribution in [3.8, 4) is 5.75 Å². The highest BCUT2D eigenvalue weighted by atomic mass is 35.5. The molecule has 3 nitrogen and oxygen atoms in total. The molecule has 1 atom stereocenters. The molecule has 4 rings (SSSR count). The molecule has 3 aromatic rings. The van der Waals surface area contributed by atoms with Crippen LogP contribution < -0.4 is 9.75 Å². The minimum atomic E-state index is -0.269. The van der Waals surface area contributed by atoms with Crippen molar-refractivity contribution in [1.29, 1.82) is 0 Å². The molecule has 0 aromatic heterocycles. The van der Waals surface area contributed by atoms with Gasteiger partial charge in [-0.1, -0.05) is 35.3 Å². The normalized spacial score (nSPS) is 16.2. The molecule has 0 fully saturated rings. The SMILES string of the molecule is COc1ccc(C2=NN(c3ccc(Cl)cc3Cl)[C@@H](c3ccc(F)cc3)C2)cc1. The van der Waals surface area contributed by atoms with Crippen molar-refractivity contribution in [3.63, 3.8) is 0 Å². The Morgan fingerprint density at radius 2 is 1.71 bits per heavy atom. The van der Waals surface area contributed by atoms with E-state index in [1.54, 1.807) is 31.4 Å². The third-order valence-electron chi connectivity index (χ3n) is 4.74. The molecule has 0 radical (unpaired) electrons. The molecule has 0 bridgehead atoms. The highest BCUT2D eigenvalue weighted by Gasteiger charge is 2.31. The van der Waals surface area contributed by atoms with E-state index in [1.165, 1.54) is 12.1 Å². The first-order valence-electron chi connectivity index (χ1n) is 8.77. The van der Waals surface area contributed by atoms with Crippen LogP contribution in [-0.2, 0) is 0 Å². The number of halogens is 3. The van der Waals surface area contributed by atoms with E-state index in [1.807, 2.05) is 35.3 Å². The van der Waals surface area contributed by atoms with Gasteiger partial charge in [0.05, 0.1) is 29.6 Å². The second kappa shape index (κ2) is 7.82. The minimum absolute atomic E-state index is 0.101. The van der Waals surface area contributed by atoms with Gasteiger partial charge < -0.3 is 4.74 Å². The van der Waals surface area contributed by atoms with Crippen molar-refractivity contribution in [2.24, 2.45) is 5.10 Å². The average Bonchev–Trinajstić information content (AvgIpc) is 3.13. The molecule has 1 aliphatic heterocycles. The lowest BCUT2D eigenvalue weighted by Crippen LogP contribution is -2.18. The van der Waals surface area contributed by atoms with Gasteiger partial charge in [0.15, 0.2) is 0 Å². The third kappa shape index (κ3) is 3.71. The maximum absolute atomic E-state index is 13.4. The second-order valence-corrected chi connectivity index (χ2v) is 7.33. The zero-order chi connectivity index (χ0) is 19.7. The van der Waals surface area contributed by atoms with Crippen molar-refractivity contribution < 1.29 is 9.13 Å². The largest absolute Gasteiger partial charge is 0.497 e. The van der Waals surface area contributed by atoms with Crippen molar-refractivity contribution in [2.75, 3.05) is 12.1 Å². The molecule has 3 aromatic carbocycles. The maximum atomic E-state index is 13.4. The van der Waals surface area contributed by atoms with Crippen LogP contribution in [0.4, 0.5) is 10.1 Å². The zero-order valence-electron chi connectivity index (χ0n) is 15.1. The summed E-state index contributed by atoms with van der Waals surface area (Å²) < 4.78 is 18.7. The average molecular weight is 415 g/mol. The number of ether oxygens (including phenoxy) is 1. The summed E-state index contributed by atoms with van der Waals surface area (Å²) in [5.41, 5.74) is 3.63. The van der Waals surface area contributed by atoms with Crippen molar-refractivity contribution in [1.82, 2.24) is 0 Å². The first-order chi connectivity index (χ1) is 13.5. The van der Waals surface area contributed by atoms with E-state index in [-0.39, 0.29) is 11.9 Å². The van der Waals surface area contributed by atoms with Gasteiger partial charge in [-0.2, -0.15) is 5.10 Å². The summed E-state index contributed by atoms with van der Waals surface area (Å²) in [7, 11) is 1.64. The molecule has 0 amide bonds. The van der Waals surface area contributed by atoms with E-state index in [9.17, 15) is 4.39 Å². The van der Waals surface area contributed by atoms with Gasteiger partial charge in [-0.15, -0.1) is 0 Å². The molecule has 0 saturated heterocycles. The molecule has 0 saturated carbocycles. The van der Waals surface area contributed by atoms with Gasteiger partial charge in [0.25, 0.3) is 0 Å². The summed E-state index contributed by atoms with van der Waals surface area (Å²) >= 11 is 12.5. The number of nitrogens with zero attached hydrogens (tertiary/aromatic N) is 2. The number of hydrogen-bond donors (Lipinski definition) is 0. The lowest BCUT2D eigenvalue weighted by atomic mass is 9.98. The fraction of sp³-hybridized carbons (Fsp3) is 0.136. The van der Waals surface area contributed by atoms with Crippen LogP contribution in [-0.4, -0.2) is 12.8 Å². The molecule has 0 N–H and O–H groups in total. The number of benzene rings is 3. The molecule has 6 heteroatoms. The quantitative estimate of drug-likeness (QED) is 0.486. The van der Waals surface area contributed by atoms with E-state index < -0.39 is 0 Å². The van der Waals surface area contributed by atoms with E-state index in [0.29, 0.717) is 16.5 Å². The topological polar surface area (TPSA) is 24.8 Å². The molecule has 1 heterocycles. The second-order valence-electron chi connectivity index (χ2n) is 6.49. The fourth-order valence-corrected chi connectivity index (χ4v) is 3.80. The predicted molar refractivity (Wildman–Crippen MR) is 112 cm³/mol. The summed E-state index contributed by atoms with van der Waals surface area (Å²) in [6.45, 7) is 0. The minimum Gasteiger partial charge on any atom is -0.497 e. The van der Waals surface area contributed by atoms with Crippen LogP contribution in [0.15, 0.2) is 71.8 Å².